The van der Waals surface area contributed by atoms with E-state index in [0.717, 1.165) is 6.42 Å². The number of hydrogen-bond acceptors (Lipinski definition) is 0. The van der Waals surface area contributed by atoms with Crippen LogP contribution in [0.5, 0.6) is 0 Å². The summed E-state index contributed by atoms with van der Waals surface area (Å²) >= 11 is 0. The van der Waals surface area contributed by atoms with Gasteiger partial charge >= 0.3 is 0 Å². The van der Waals surface area contributed by atoms with Crippen LogP contribution in [0.2, 0.25) is 0 Å². The minimum atomic E-state index is 0.981. The van der Waals surface area contributed by atoms with Crippen LogP contribution in [-0.2, 0) is 0 Å². The summed E-state index contributed by atoms with van der Waals surface area (Å²) in [5, 5.41) is 0. The maximum Gasteiger partial charge on any atom is 0.0285 e. The molecule has 0 unspecified atom stereocenters. The van der Waals surface area contributed by atoms with E-state index < -0.39 is 0 Å². The highest BCUT2D eigenvalue weighted by molar-refractivity contribution is 5.35. The summed E-state index contributed by atoms with van der Waals surface area (Å²) in [5.74, 6) is 6.08. The molecule has 0 atom stereocenters. The number of allylic oxidation sites excluding steroid dienone is 2. The van der Waals surface area contributed by atoms with Gasteiger partial charge < -0.3 is 0 Å². The van der Waals surface area contributed by atoms with E-state index in [1.165, 1.54) is 18.4 Å². The molecule has 0 aromatic rings. The van der Waals surface area contributed by atoms with Crippen molar-refractivity contribution in [3.05, 3.63) is 11.6 Å². The summed E-state index contributed by atoms with van der Waals surface area (Å²) in [7, 11) is 0. The van der Waals surface area contributed by atoms with Gasteiger partial charge in [0.2, 0.25) is 0 Å². The van der Waals surface area contributed by atoms with Gasteiger partial charge in [-0.1, -0.05) is 31.3 Å². The van der Waals surface area contributed by atoms with Crippen molar-refractivity contribution in [1.82, 2.24) is 0 Å². The van der Waals surface area contributed by atoms with Crippen LogP contribution in [-0.4, -0.2) is 0 Å². The smallest absolute Gasteiger partial charge is 0.0285 e. The molecule has 0 saturated carbocycles. The highest BCUT2D eigenvalue weighted by Gasteiger charge is 1.92. The summed E-state index contributed by atoms with van der Waals surface area (Å²) in [6, 6.07) is 0. The van der Waals surface area contributed by atoms with Crippen LogP contribution in [0.25, 0.3) is 0 Å². The maximum atomic E-state index is 3.07. The Morgan fingerprint density at radius 2 is 2.62 bits per heavy atom. The molecule has 0 saturated heterocycles. The molecule has 0 radical (unpaired) electrons. The number of hydrogen-bond donors (Lipinski definition) is 0. The first kappa shape index (κ1) is 5.44. The van der Waals surface area contributed by atoms with Crippen molar-refractivity contribution in [3.8, 4) is 11.8 Å². The molecule has 0 aromatic carbocycles. The van der Waals surface area contributed by atoms with Crippen LogP contribution in [0.15, 0.2) is 11.6 Å². The van der Waals surface area contributed by atoms with E-state index in [-0.39, 0.29) is 0 Å². The second-order valence-corrected chi connectivity index (χ2v) is 1.99. The second-order valence-electron chi connectivity index (χ2n) is 1.99. The molecule has 1 aliphatic carbocycles. The Bertz CT molecular complexity index is 153. The van der Waals surface area contributed by atoms with E-state index in [2.05, 4.69) is 24.8 Å². The average Bonchev–Trinajstić information content (AvgIpc) is 2.19. The minimum Gasteiger partial charge on any atom is -0.0940 e. The van der Waals surface area contributed by atoms with Gasteiger partial charge in [-0.25, -0.2) is 0 Å². The topological polar surface area (TPSA) is 0 Å². The van der Waals surface area contributed by atoms with Crippen molar-refractivity contribution in [1.29, 1.82) is 0 Å². The quantitative estimate of drug-likeness (QED) is 0.473. The molecule has 0 bridgehead atoms. The molecule has 42 valence electrons. The van der Waals surface area contributed by atoms with Crippen molar-refractivity contribution in [2.75, 3.05) is 0 Å². The molecule has 0 spiro atoms. The molecular weight excluding hydrogens is 96.1 g/mol. The Hall–Kier alpha value is -0.700. The van der Waals surface area contributed by atoms with Crippen molar-refractivity contribution < 1.29 is 0 Å². The lowest BCUT2D eigenvalue weighted by atomic mass is 10.2. The average molecular weight is 106 g/mol. The fraction of sp³-hybridized carbons (Fsp3) is 0.500. The molecule has 0 heteroatoms. The van der Waals surface area contributed by atoms with Gasteiger partial charge in [0.15, 0.2) is 0 Å². The Labute approximate surface area is 50.6 Å². The predicted molar refractivity (Wildman–Crippen MR) is 35.4 cm³/mol. The summed E-state index contributed by atoms with van der Waals surface area (Å²) < 4.78 is 0. The zero-order valence-electron chi connectivity index (χ0n) is 5.20. The van der Waals surface area contributed by atoms with Crippen LogP contribution in [0, 0.1) is 11.8 Å². The largest absolute Gasteiger partial charge is 0.0940 e. The normalized spacial score (nSPS) is 14.9. The van der Waals surface area contributed by atoms with Gasteiger partial charge in [0, 0.05) is 6.42 Å². The molecule has 0 amide bonds. The first-order valence-corrected chi connectivity index (χ1v) is 3.11. The Kier molecular flexibility index (Phi) is 1.75. The molecular formula is C8H10. The minimum absolute atomic E-state index is 0.981. The Morgan fingerprint density at radius 1 is 1.75 bits per heavy atom. The fourth-order valence-electron chi connectivity index (χ4n) is 0.824. The van der Waals surface area contributed by atoms with Crippen LogP contribution < -0.4 is 0 Å². The van der Waals surface area contributed by atoms with Gasteiger partial charge in [0.1, 0.15) is 0 Å². The maximum absolute atomic E-state index is 3.07. The third kappa shape index (κ3) is 1.13. The molecule has 1 rings (SSSR count). The second kappa shape index (κ2) is 2.57. The molecule has 1 aliphatic rings. The van der Waals surface area contributed by atoms with Crippen LogP contribution in [0.4, 0.5) is 0 Å². The van der Waals surface area contributed by atoms with Crippen LogP contribution >= 0.6 is 0 Å². The summed E-state index contributed by atoms with van der Waals surface area (Å²) in [6.07, 6.45) is 5.56. The highest BCUT2D eigenvalue weighted by atomic mass is 14.0. The van der Waals surface area contributed by atoms with Crippen LogP contribution in [0.3, 0.4) is 0 Å². The van der Waals surface area contributed by atoms with Crippen molar-refractivity contribution >= 4 is 0 Å². The predicted octanol–water partition coefficient (Wildman–Crippen LogP) is 2.12. The van der Waals surface area contributed by atoms with E-state index in [1.54, 1.807) is 0 Å². The molecule has 0 heterocycles. The Morgan fingerprint density at radius 3 is 3.12 bits per heavy atom. The molecule has 8 heavy (non-hydrogen) atoms. The van der Waals surface area contributed by atoms with Gasteiger partial charge in [-0.15, -0.1) is 0 Å². The first-order valence-electron chi connectivity index (χ1n) is 3.11. The lowest BCUT2D eigenvalue weighted by molar-refractivity contribution is 0.932. The van der Waals surface area contributed by atoms with E-state index in [9.17, 15) is 0 Å². The third-order valence-electron chi connectivity index (χ3n) is 1.22. The SMILES string of the molecule is CCCC1=CCC#C1. The molecule has 0 aliphatic heterocycles. The van der Waals surface area contributed by atoms with Gasteiger partial charge in [0.25, 0.3) is 0 Å². The molecule has 0 N–H and O–H groups in total. The summed E-state index contributed by atoms with van der Waals surface area (Å²) in [5.41, 5.74) is 1.34. The lowest BCUT2D eigenvalue weighted by Crippen LogP contribution is -1.71. The monoisotopic (exact) mass is 106 g/mol. The van der Waals surface area contributed by atoms with E-state index in [4.69, 9.17) is 0 Å². The first-order chi connectivity index (χ1) is 3.93. The fourth-order valence-corrected chi connectivity index (χ4v) is 0.824. The van der Waals surface area contributed by atoms with E-state index >= 15 is 0 Å². The number of rotatable bonds is 2. The zero-order valence-corrected chi connectivity index (χ0v) is 5.20. The van der Waals surface area contributed by atoms with Crippen molar-refractivity contribution in [2.45, 2.75) is 26.2 Å². The zero-order chi connectivity index (χ0) is 5.82. The lowest BCUT2D eigenvalue weighted by Gasteiger charge is -1.88. The van der Waals surface area contributed by atoms with Crippen LogP contribution in [0.1, 0.15) is 26.2 Å². The van der Waals surface area contributed by atoms with Crippen molar-refractivity contribution in [2.24, 2.45) is 0 Å². The molecule has 0 nitrogen and oxygen atoms in total. The Balaban J connectivity index is 2.39. The molecule has 0 fully saturated rings. The third-order valence-corrected chi connectivity index (χ3v) is 1.22. The summed E-state index contributed by atoms with van der Waals surface area (Å²) in [6.45, 7) is 2.18. The van der Waals surface area contributed by atoms with Gasteiger partial charge in [-0.05, 0) is 12.0 Å². The highest BCUT2D eigenvalue weighted by Crippen LogP contribution is 2.07. The van der Waals surface area contributed by atoms with Gasteiger partial charge in [-0.3, -0.25) is 0 Å². The molecule has 0 aromatic heterocycles. The standard InChI is InChI=1S/C8H10/c1-2-5-8-6-3-4-7-8/h6H,2-3,5H2,1H3. The van der Waals surface area contributed by atoms with E-state index in [0.29, 0.717) is 0 Å². The van der Waals surface area contributed by atoms with Gasteiger partial charge in [-0.2, -0.15) is 0 Å². The van der Waals surface area contributed by atoms with Crippen molar-refractivity contribution in [3.63, 3.8) is 0 Å². The summed E-state index contributed by atoms with van der Waals surface area (Å²) in [4.78, 5) is 0. The van der Waals surface area contributed by atoms with Gasteiger partial charge in [0.05, 0.1) is 0 Å². The van der Waals surface area contributed by atoms with E-state index in [1.807, 2.05) is 0 Å².